The van der Waals surface area contributed by atoms with Crippen LogP contribution in [0.1, 0.15) is 23.8 Å². The van der Waals surface area contributed by atoms with E-state index in [1.807, 2.05) is 17.5 Å². The van der Waals surface area contributed by atoms with Crippen LogP contribution in [0.4, 0.5) is 5.82 Å². The first kappa shape index (κ1) is 10.5. The average Bonchev–Trinajstić information content (AvgIpc) is 3.04. The molecule has 2 heterocycles. The van der Waals surface area contributed by atoms with E-state index < -0.39 is 0 Å². The Kier molecular flexibility index (Phi) is 2.68. The Morgan fingerprint density at radius 3 is 3.12 bits per heavy atom. The average molecular weight is 247 g/mol. The van der Waals surface area contributed by atoms with E-state index in [0.29, 0.717) is 18.4 Å². The van der Waals surface area contributed by atoms with Crippen molar-refractivity contribution >= 4 is 17.2 Å². The van der Waals surface area contributed by atoms with Gasteiger partial charge in [0.25, 0.3) is 5.56 Å². The second-order valence-corrected chi connectivity index (χ2v) is 5.18. The predicted molar refractivity (Wildman–Crippen MR) is 68.4 cm³/mol. The van der Waals surface area contributed by atoms with Gasteiger partial charge in [-0.25, -0.2) is 4.98 Å². The molecule has 0 spiro atoms. The van der Waals surface area contributed by atoms with Gasteiger partial charge in [-0.15, -0.1) is 11.3 Å². The van der Waals surface area contributed by atoms with Crippen molar-refractivity contribution in [1.29, 1.82) is 0 Å². The molecule has 0 radical (unpaired) electrons. The highest BCUT2D eigenvalue weighted by molar-refractivity contribution is 7.09. The number of nitrogens with one attached hydrogen (secondary N) is 1. The van der Waals surface area contributed by atoms with Gasteiger partial charge in [0.15, 0.2) is 5.82 Å². The highest BCUT2D eigenvalue weighted by Crippen LogP contribution is 2.33. The molecule has 2 aromatic heterocycles. The normalized spacial score (nSPS) is 14.8. The third kappa shape index (κ3) is 2.24. The molecule has 0 amide bonds. The summed E-state index contributed by atoms with van der Waals surface area (Å²) in [6.07, 6.45) is 5.68. The first-order valence-corrected chi connectivity index (χ1v) is 6.56. The zero-order valence-corrected chi connectivity index (χ0v) is 10.1. The highest BCUT2D eigenvalue weighted by atomic mass is 32.1. The number of hydrogen-bond acceptors (Lipinski definition) is 4. The molecule has 5 heteroatoms. The Labute approximate surface area is 103 Å². The van der Waals surface area contributed by atoms with Crippen LogP contribution in [0.15, 0.2) is 34.7 Å². The molecule has 1 fully saturated rings. The van der Waals surface area contributed by atoms with Crippen molar-refractivity contribution in [3.8, 4) is 0 Å². The lowest BCUT2D eigenvalue weighted by molar-refractivity contribution is 0.699. The van der Waals surface area contributed by atoms with Crippen LogP contribution >= 0.6 is 11.3 Å². The van der Waals surface area contributed by atoms with E-state index in [-0.39, 0.29) is 5.56 Å². The van der Waals surface area contributed by atoms with Crippen LogP contribution in [0.5, 0.6) is 0 Å². The van der Waals surface area contributed by atoms with Crippen molar-refractivity contribution in [2.45, 2.75) is 25.4 Å². The van der Waals surface area contributed by atoms with Gasteiger partial charge in [-0.05, 0) is 24.3 Å². The quantitative estimate of drug-likeness (QED) is 0.901. The van der Waals surface area contributed by atoms with E-state index in [0.717, 1.165) is 12.8 Å². The monoisotopic (exact) mass is 247 g/mol. The molecule has 0 aromatic carbocycles. The topological polar surface area (TPSA) is 46.9 Å². The molecule has 3 rings (SSSR count). The molecular weight excluding hydrogens is 234 g/mol. The van der Waals surface area contributed by atoms with Gasteiger partial charge in [-0.2, -0.15) is 0 Å². The predicted octanol–water partition coefficient (Wildman–Crippen LogP) is 2.25. The molecule has 1 aliphatic rings. The summed E-state index contributed by atoms with van der Waals surface area (Å²) in [4.78, 5) is 17.4. The maximum atomic E-state index is 12.1. The van der Waals surface area contributed by atoms with E-state index in [2.05, 4.69) is 10.3 Å². The summed E-state index contributed by atoms with van der Waals surface area (Å²) in [7, 11) is 0. The maximum Gasteiger partial charge on any atom is 0.293 e. The summed E-state index contributed by atoms with van der Waals surface area (Å²) < 4.78 is 1.78. The van der Waals surface area contributed by atoms with Crippen molar-refractivity contribution in [2.24, 2.45) is 0 Å². The van der Waals surface area contributed by atoms with Gasteiger partial charge in [0.2, 0.25) is 0 Å². The Bertz CT molecular complexity index is 557. The summed E-state index contributed by atoms with van der Waals surface area (Å²) in [5.41, 5.74) is -0.00782. The van der Waals surface area contributed by atoms with Crippen LogP contribution in [0.2, 0.25) is 0 Å². The summed E-state index contributed by atoms with van der Waals surface area (Å²) in [6, 6.07) is 4.44. The fourth-order valence-corrected chi connectivity index (χ4v) is 2.41. The summed E-state index contributed by atoms with van der Waals surface area (Å²) in [5, 5.41) is 5.13. The van der Waals surface area contributed by atoms with Gasteiger partial charge in [-0.3, -0.25) is 4.79 Å². The fraction of sp³-hybridized carbons (Fsp3) is 0.333. The number of nitrogens with zero attached hydrogens (tertiary/aromatic N) is 2. The van der Waals surface area contributed by atoms with Crippen molar-refractivity contribution in [1.82, 2.24) is 9.55 Å². The van der Waals surface area contributed by atoms with Gasteiger partial charge < -0.3 is 9.88 Å². The van der Waals surface area contributed by atoms with Gasteiger partial charge in [0.05, 0.1) is 6.54 Å². The number of hydrogen-bond donors (Lipinski definition) is 1. The Morgan fingerprint density at radius 2 is 2.41 bits per heavy atom. The lowest BCUT2D eigenvalue weighted by atomic mass is 10.4. The molecule has 2 aromatic rings. The summed E-state index contributed by atoms with van der Waals surface area (Å²) in [6.45, 7) is 0.661. The van der Waals surface area contributed by atoms with Crippen LogP contribution in [-0.2, 0) is 6.54 Å². The van der Waals surface area contributed by atoms with Crippen LogP contribution in [0.3, 0.4) is 0 Å². The SMILES string of the molecule is O=c1c(NCc2cccs2)nccn1C1CC1. The number of aromatic nitrogens is 2. The third-order valence-electron chi connectivity index (χ3n) is 2.82. The first-order chi connectivity index (χ1) is 8.34. The molecule has 1 saturated carbocycles. The number of thiophene rings is 1. The first-order valence-electron chi connectivity index (χ1n) is 5.68. The van der Waals surface area contributed by atoms with Crippen molar-refractivity contribution in [2.75, 3.05) is 5.32 Å². The van der Waals surface area contributed by atoms with Gasteiger partial charge >= 0.3 is 0 Å². The maximum absolute atomic E-state index is 12.1. The lowest BCUT2D eigenvalue weighted by Gasteiger charge is -2.06. The second kappa shape index (κ2) is 4.33. The summed E-state index contributed by atoms with van der Waals surface area (Å²) >= 11 is 1.67. The van der Waals surface area contributed by atoms with E-state index in [1.165, 1.54) is 4.88 Å². The minimum atomic E-state index is -0.00782. The van der Waals surface area contributed by atoms with Crippen molar-refractivity contribution in [3.63, 3.8) is 0 Å². The van der Waals surface area contributed by atoms with Crippen molar-refractivity contribution < 1.29 is 0 Å². The van der Waals surface area contributed by atoms with E-state index >= 15 is 0 Å². The zero-order chi connectivity index (χ0) is 11.7. The second-order valence-electron chi connectivity index (χ2n) is 4.15. The van der Waals surface area contributed by atoms with Crippen LogP contribution in [0, 0.1) is 0 Å². The Morgan fingerprint density at radius 1 is 1.53 bits per heavy atom. The molecule has 0 atom stereocenters. The molecule has 0 saturated heterocycles. The molecule has 88 valence electrons. The molecule has 0 unspecified atom stereocenters. The zero-order valence-electron chi connectivity index (χ0n) is 9.30. The standard InChI is InChI=1S/C12H13N3OS/c16-12-11(14-8-10-2-1-7-17-10)13-5-6-15(12)9-3-4-9/h1-2,5-7,9H,3-4,8H2,(H,13,14). The minimum absolute atomic E-state index is 0.00782. The molecule has 1 N–H and O–H groups in total. The molecular formula is C12H13N3OS. The van der Waals surface area contributed by atoms with Gasteiger partial charge in [0.1, 0.15) is 0 Å². The van der Waals surface area contributed by atoms with Gasteiger partial charge in [0, 0.05) is 23.3 Å². The molecule has 4 nitrogen and oxygen atoms in total. The number of rotatable bonds is 4. The Balaban J connectivity index is 1.78. The van der Waals surface area contributed by atoms with E-state index in [4.69, 9.17) is 0 Å². The van der Waals surface area contributed by atoms with Crippen LogP contribution in [-0.4, -0.2) is 9.55 Å². The smallest absolute Gasteiger partial charge is 0.293 e. The third-order valence-corrected chi connectivity index (χ3v) is 3.69. The van der Waals surface area contributed by atoms with E-state index in [9.17, 15) is 4.79 Å². The van der Waals surface area contributed by atoms with Crippen LogP contribution < -0.4 is 10.9 Å². The molecule has 0 bridgehead atoms. The Hall–Kier alpha value is -1.62. The largest absolute Gasteiger partial charge is 0.361 e. The van der Waals surface area contributed by atoms with Crippen LogP contribution in [0.25, 0.3) is 0 Å². The molecule has 17 heavy (non-hydrogen) atoms. The number of anilines is 1. The van der Waals surface area contributed by atoms with Gasteiger partial charge in [-0.1, -0.05) is 6.07 Å². The minimum Gasteiger partial charge on any atom is -0.361 e. The fourth-order valence-electron chi connectivity index (χ4n) is 1.77. The summed E-state index contributed by atoms with van der Waals surface area (Å²) in [5.74, 6) is 0.452. The molecule has 0 aliphatic heterocycles. The lowest BCUT2D eigenvalue weighted by Crippen LogP contribution is -2.23. The van der Waals surface area contributed by atoms with Crippen molar-refractivity contribution in [3.05, 3.63) is 45.1 Å². The molecule has 1 aliphatic carbocycles. The highest BCUT2D eigenvalue weighted by Gasteiger charge is 2.25. The van der Waals surface area contributed by atoms with E-state index in [1.54, 1.807) is 28.3 Å².